The van der Waals surface area contributed by atoms with Crippen LogP contribution in [0.2, 0.25) is 0 Å². The van der Waals surface area contributed by atoms with E-state index in [-0.39, 0.29) is 17.0 Å². The van der Waals surface area contributed by atoms with Crippen molar-refractivity contribution in [1.29, 1.82) is 0 Å². The smallest absolute Gasteiger partial charge is 0.305 e. The van der Waals surface area contributed by atoms with E-state index < -0.39 is 18.6 Å². The molecule has 1 heterocycles. The Kier molecular flexibility index (Phi) is 2.51. The number of halogens is 2. The second-order valence-corrected chi connectivity index (χ2v) is 3.47. The van der Waals surface area contributed by atoms with E-state index in [1.165, 1.54) is 12.1 Å². The van der Waals surface area contributed by atoms with E-state index in [0.29, 0.717) is 0 Å². The fraction of sp³-hybridized carbons (Fsp3) is 0.300. The second-order valence-electron chi connectivity index (χ2n) is 3.47. The highest BCUT2D eigenvalue weighted by Gasteiger charge is 2.46. The van der Waals surface area contributed by atoms with Gasteiger partial charge in [-0.05, 0) is 12.1 Å². The summed E-state index contributed by atoms with van der Waals surface area (Å²) in [6.07, 6.45) is -3.51. The Balaban J connectivity index is 2.24. The van der Waals surface area contributed by atoms with Gasteiger partial charge in [-0.2, -0.15) is 0 Å². The Morgan fingerprint density at radius 2 is 2.06 bits per heavy atom. The van der Waals surface area contributed by atoms with Gasteiger partial charge >= 0.3 is 12.2 Å². The molecular weight excluding hydrogens is 220 g/mol. The summed E-state index contributed by atoms with van der Waals surface area (Å²) in [6, 6.07) is 6.12. The SMILES string of the molecule is Oc1ccccc1C1=NO[C@@](O)(C(F)F)C1. The summed E-state index contributed by atoms with van der Waals surface area (Å²) < 4.78 is 24.8. The molecule has 0 spiro atoms. The van der Waals surface area contributed by atoms with Gasteiger partial charge in [0.15, 0.2) is 0 Å². The van der Waals surface area contributed by atoms with Crippen molar-refractivity contribution in [2.45, 2.75) is 18.6 Å². The zero-order valence-corrected chi connectivity index (χ0v) is 8.10. The molecule has 6 heteroatoms. The predicted molar refractivity (Wildman–Crippen MR) is 51.3 cm³/mol. The van der Waals surface area contributed by atoms with E-state index in [1.54, 1.807) is 12.1 Å². The molecule has 1 aromatic rings. The van der Waals surface area contributed by atoms with Crippen LogP contribution in [0.1, 0.15) is 12.0 Å². The Hall–Kier alpha value is -1.69. The van der Waals surface area contributed by atoms with Gasteiger partial charge in [0, 0.05) is 5.56 Å². The molecule has 2 rings (SSSR count). The highest BCUT2D eigenvalue weighted by Crippen LogP contribution is 2.32. The van der Waals surface area contributed by atoms with Crippen LogP contribution in [0.15, 0.2) is 29.4 Å². The van der Waals surface area contributed by atoms with Crippen molar-refractivity contribution in [1.82, 2.24) is 0 Å². The monoisotopic (exact) mass is 229 g/mol. The van der Waals surface area contributed by atoms with Crippen molar-refractivity contribution in [3.05, 3.63) is 29.8 Å². The van der Waals surface area contributed by atoms with Crippen LogP contribution in [0.5, 0.6) is 5.75 Å². The zero-order valence-electron chi connectivity index (χ0n) is 8.10. The van der Waals surface area contributed by atoms with Crippen molar-refractivity contribution in [2.24, 2.45) is 5.16 Å². The first-order valence-corrected chi connectivity index (χ1v) is 4.57. The highest BCUT2D eigenvalue weighted by atomic mass is 19.3. The molecule has 0 aliphatic carbocycles. The summed E-state index contributed by atoms with van der Waals surface area (Å²) >= 11 is 0. The van der Waals surface area contributed by atoms with Crippen LogP contribution < -0.4 is 0 Å². The molecule has 4 nitrogen and oxygen atoms in total. The molecule has 0 aromatic heterocycles. The van der Waals surface area contributed by atoms with Crippen molar-refractivity contribution < 1.29 is 23.8 Å². The summed E-state index contributed by atoms with van der Waals surface area (Å²) in [5.41, 5.74) is 0.375. The third-order valence-electron chi connectivity index (χ3n) is 2.29. The summed E-state index contributed by atoms with van der Waals surface area (Å²) in [7, 11) is 0. The minimum absolute atomic E-state index is 0.0941. The van der Waals surface area contributed by atoms with Crippen LogP contribution in [-0.4, -0.2) is 28.1 Å². The van der Waals surface area contributed by atoms with Gasteiger partial charge in [0.2, 0.25) is 0 Å². The topological polar surface area (TPSA) is 62.1 Å². The first kappa shape index (κ1) is 10.8. The summed E-state index contributed by atoms with van der Waals surface area (Å²) in [6.45, 7) is 0. The molecule has 1 aliphatic heterocycles. The van der Waals surface area contributed by atoms with Gasteiger partial charge in [0.1, 0.15) is 5.75 Å². The van der Waals surface area contributed by atoms with Gasteiger partial charge in [-0.1, -0.05) is 17.3 Å². The minimum Gasteiger partial charge on any atom is -0.507 e. The predicted octanol–water partition coefficient (Wildman–Crippen LogP) is 1.47. The van der Waals surface area contributed by atoms with Crippen LogP contribution >= 0.6 is 0 Å². The number of oxime groups is 1. The van der Waals surface area contributed by atoms with Gasteiger partial charge in [-0.25, -0.2) is 8.78 Å². The molecule has 1 aromatic carbocycles. The van der Waals surface area contributed by atoms with E-state index in [4.69, 9.17) is 0 Å². The number of aliphatic hydroxyl groups is 1. The molecule has 2 N–H and O–H groups in total. The van der Waals surface area contributed by atoms with E-state index in [1.807, 2.05) is 0 Å². The quantitative estimate of drug-likeness (QED) is 0.807. The van der Waals surface area contributed by atoms with Crippen LogP contribution in [-0.2, 0) is 4.84 Å². The number of phenolic OH excluding ortho intramolecular Hbond substituents is 1. The first-order valence-electron chi connectivity index (χ1n) is 4.57. The number of benzene rings is 1. The second kappa shape index (κ2) is 3.71. The molecule has 0 amide bonds. The molecule has 0 saturated carbocycles. The van der Waals surface area contributed by atoms with Gasteiger partial charge in [0.05, 0.1) is 12.1 Å². The van der Waals surface area contributed by atoms with Crippen LogP contribution in [0, 0.1) is 0 Å². The molecule has 86 valence electrons. The van der Waals surface area contributed by atoms with E-state index in [2.05, 4.69) is 9.99 Å². The lowest BCUT2D eigenvalue weighted by Crippen LogP contribution is -2.37. The number of para-hydroxylation sites is 1. The summed E-state index contributed by atoms with van der Waals surface area (Å²) in [5.74, 6) is -2.68. The maximum Gasteiger partial charge on any atom is 0.305 e. The molecule has 1 aliphatic rings. The Labute approximate surface area is 89.8 Å². The molecule has 16 heavy (non-hydrogen) atoms. The molecule has 0 fully saturated rings. The number of hydrogen-bond acceptors (Lipinski definition) is 4. The Bertz CT molecular complexity index is 436. The number of alkyl halides is 2. The molecular formula is C10H9F2NO3. The average molecular weight is 229 g/mol. The first-order chi connectivity index (χ1) is 7.53. The normalized spacial score (nSPS) is 24.4. The zero-order chi connectivity index (χ0) is 11.8. The fourth-order valence-electron chi connectivity index (χ4n) is 1.42. The maximum absolute atomic E-state index is 12.4. The van der Waals surface area contributed by atoms with Gasteiger partial charge in [0.25, 0.3) is 0 Å². The average Bonchev–Trinajstić information content (AvgIpc) is 2.63. The summed E-state index contributed by atoms with van der Waals surface area (Å²) in [5, 5.41) is 22.2. The maximum atomic E-state index is 12.4. The molecule has 0 saturated heterocycles. The Morgan fingerprint density at radius 3 is 2.62 bits per heavy atom. The highest BCUT2D eigenvalue weighted by molar-refractivity contribution is 6.03. The molecule has 0 unspecified atom stereocenters. The number of rotatable bonds is 2. The lowest BCUT2D eigenvalue weighted by atomic mass is 10.0. The van der Waals surface area contributed by atoms with E-state index in [0.717, 1.165) is 0 Å². The van der Waals surface area contributed by atoms with Crippen molar-refractivity contribution in [3.63, 3.8) is 0 Å². The number of phenols is 1. The molecule has 0 radical (unpaired) electrons. The standard InChI is InChI=1S/C10H9F2NO3/c11-9(12)10(15)5-7(13-16-10)6-3-1-2-4-8(6)14/h1-4,9,14-15H,5H2/t10-/m1/s1. The van der Waals surface area contributed by atoms with Gasteiger partial charge in [-0.15, -0.1) is 0 Å². The van der Waals surface area contributed by atoms with Crippen LogP contribution in [0.4, 0.5) is 8.78 Å². The van der Waals surface area contributed by atoms with Gasteiger partial charge in [-0.3, -0.25) is 0 Å². The number of nitrogens with zero attached hydrogens (tertiary/aromatic N) is 1. The van der Waals surface area contributed by atoms with Crippen molar-refractivity contribution in [2.75, 3.05) is 0 Å². The minimum atomic E-state index is -3.06. The van der Waals surface area contributed by atoms with E-state index in [9.17, 15) is 19.0 Å². The molecule has 1 atom stereocenters. The van der Waals surface area contributed by atoms with Crippen molar-refractivity contribution >= 4 is 5.71 Å². The summed E-state index contributed by atoms with van der Waals surface area (Å²) in [4.78, 5) is 4.31. The number of aromatic hydroxyl groups is 1. The Morgan fingerprint density at radius 1 is 1.38 bits per heavy atom. The third kappa shape index (κ3) is 1.71. The van der Waals surface area contributed by atoms with Crippen LogP contribution in [0.3, 0.4) is 0 Å². The lowest BCUT2D eigenvalue weighted by molar-refractivity contribution is -0.253. The largest absolute Gasteiger partial charge is 0.507 e. The number of hydrogen-bond donors (Lipinski definition) is 2. The fourth-order valence-corrected chi connectivity index (χ4v) is 1.42. The van der Waals surface area contributed by atoms with Gasteiger partial charge < -0.3 is 15.1 Å². The molecule has 0 bridgehead atoms. The third-order valence-corrected chi connectivity index (χ3v) is 2.29. The lowest BCUT2D eigenvalue weighted by Gasteiger charge is -2.17. The van der Waals surface area contributed by atoms with E-state index >= 15 is 0 Å². The van der Waals surface area contributed by atoms with Crippen LogP contribution in [0.25, 0.3) is 0 Å². The van der Waals surface area contributed by atoms with Crippen molar-refractivity contribution in [3.8, 4) is 5.75 Å².